The molecule has 24 heavy (non-hydrogen) atoms. The van der Waals surface area contributed by atoms with Gasteiger partial charge in [0.25, 0.3) is 8.32 Å². The minimum absolute atomic E-state index is 0.0457. The average Bonchev–Trinajstić information content (AvgIpc) is 2.55. The topological polar surface area (TPSA) is 35.2 Å². The molecule has 2 nitrogen and oxygen atoms in total. The number of hydrogen-bond acceptors (Lipinski definition) is 2. The second kappa shape index (κ2) is 8.10. The number of nitrogens with two attached hydrogens (primary N) is 1. The van der Waals surface area contributed by atoms with E-state index in [0.717, 1.165) is 19.4 Å². The molecular weight excluding hydrogens is 310 g/mol. The lowest BCUT2D eigenvalue weighted by molar-refractivity contribution is 0.285. The van der Waals surface area contributed by atoms with Crippen LogP contribution in [0.4, 0.5) is 0 Å². The van der Waals surface area contributed by atoms with E-state index in [-0.39, 0.29) is 11.1 Å². The van der Waals surface area contributed by atoms with Gasteiger partial charge in [-0.3, -0.25) is 0 Å². The monoisotopic (exact) mass is 341 g/mol. The van der Waals surface area contributed by atoms with Crippen molar-refractivity contribution in [3.05, 3.63) is 60.7 Å². The fraction of sp³-hybridized carbons (Fsp3) is 0.429. The van der Waals surface area contributed by atoms with Crippen molar-refractivity contribution in [2.75, 3.05) is 6.61 Å². The van der Waals surface area contributed by atoms with E-state index in [0.29, 0.717) is 0 Å². The Morgan fingerprint density at radius 2 is 1.38 bits per heavy atom. The first-order chi connectivity index (χ1) is 11.4. The second-order valence-corrected chi connectivity index (χ2v) is 11.9. The Balaban J connectivity index is 2.45. The molecule has 2 aromatic carbocycles. The van der Waals surface area contributed by atoms with Gasteiger partial charge in [-0.1, -0.05) is 81.4 Å². The normalized spacial score (nSPS) is 13.7. The summed E-state index contributed by atoms with van der Waals surface area (Å²) in [6.45, 7) is 9.75. The van der Waals surface area contributed by atoms with Gasteiger partial charge in [0.05, 0.1) is 0 Å². The molecule has 1 unspecified atom stereocenters. The highest BCUT2D eigenvalue weighted by Gasteiger charge is 2.49. The molecule has 2 aromatic rings. The number of hydrogen-bond donors (Lipinski definition) is 1. The highest BCUT2D eigenvalue weighted by Crippen LogP contribution is 2.36. The van der Waals surface area contributed by atoms with Crippen molar-refractivity contribution in [2.24, 2.45) is 5.73 Å². The van der Waals surface area contributed by atoms with E-state index in [4.69, 9.17) is 10.2 Å². The quantitative estimate of drug-likeness (QED) is 0.616. The van der Waals surface area contributed by atoms with E-state index in [1.807, 2.05) is 0 Å². The highest BCUT2D eigenvalue weighted by molar-refractivity contribution is 6.99. The maximum Gasteiger partial charge on any atom is 0.261 e. The van der Waals surface area contributed by atoms with Gasteiger partial charge in [-0.05, 0) is 35.2 Å². The molecule has 0 aliphatic heterocycles. The second-order valence-electron chi connectivity index (χ2n) is 7.63. The van der Waals surface area contributed by atoms with E-state index < -0.39 is 8.32 Å². The van der Waals surface area contributed by atoms with Crippen LogP contribution in [0.1, 0.15) is 40.5 Å². The Kier molecular flexibility index (Phi) is 6.38. The third-order valence-corrected chi connectivity index (χ3v) is 9.58. The maximum absolute atomic E-state index is 6.80. The SMILES string of the molecule is CC(N)CCCO[Si](c1ccccc1)(c1ccccc1)C(C)(C)C. The van der Waals surface area contributed by atoms with Crippen LogP contribution in [0.15, 0.2) is 60.7 Å². The first-order valence-corrected chi connectivity index (χ1v) is 10.8. The maximum atomic E-state index is 6.80. The number of rotatable bonds is 7. The van der Waals surface area contributed by atoms with Crippen LogP contribution in [-0.4, -0.2) is 21.0 Å². The highest BCUT2D eigenvalue weighted by atomic mass is 28.4. The van der Waals surface area contributed by atoms with Crippen molar-refractivity contribution in [3.8, 4) is 0 Å². The van der Waals surface area contributed by atoms with Crippen LogP contribution >= 0.6 is 0 Å². The fourth-order valence-electron chi connectivity index (χ4n) is 3.39. The lowest BCUT2D eigenvalue weighted by Gasteiger charge is -2.43. The van der Waals surface area contributed by atoms with Crippen LogP contribution in [0.5, 0.6) is 0 Å². The molecule has 130 valence electrons. The van der Waals surface area contributed by atoms with Crippen molar-refractivity contribution in [3.63, 3.8) is 0 Å². The predicted molar refractivity (Wildman–Crippen MR) is 106 cm³/mol. The Bertz CT molecular complexity index is 565. The molecule has 2 N–H and O–H groups in total. The number of benzene rings is 2. The molecule has 0 aliphatic carbocycles. The van der Waals surface area contributed by atoms with Gasteiger partial charge < -0.3 is 10.2 Å². The Labute approximate surface area is 148 Å². The first kappa shape index (κ1) is 18.9. The summed E-state index contributed by atoms with van der Waals surface area (Å²) in [4.78, 5) is 0. The third kappa shape index (κ3) is 4.15. The van der Waals surface area contributed by atoms with Gasteiger partial charge in [0, 0.05) is 12.6 Å². The zero-order chi connectivity index (χ0) is 17.6. The summed E-state index contributed by atoms with van der Waals surface area (Å²) < 4.78 is 6.80. The molecule has 0 radical (unpaired) electrons. The third-order valence-electron chi connectivity index (χ3n) is 4.54. The van der Waals surface area contributed by atoms with E-state index >= 15 is 0 Å². The lowest BCUT2D eigenvalue weighted by atomic mass is 10.2. The molecule has 0 amide bonds. The lowest BCUT2D eigenvalue weighted by Crippen LogP contribution is -2.66. The molecule has 0 spiro atoms. The molecule has 0 aromatic heterocycles. The molecule has 0 fully saturated rings. The zero-order valence-corrected chi connectivity index (χ0v) is 16.5. The minimum Gasteiger partial charge on any atom is -0.407 e. The predicted octanol–water partition coefficient (Wildman–Crippen LogP) is 3.69. The van der Waals surface area contributed by atoms with E-state index in [2.05, 4.69) is 88.4 Å². The Hall–Kier alpha value is -1.42. The summed E-state index contributed by atoms with van der Waals surface area (Å²) in [6.07, 6.45) is 2.00. The fourth-order valence-corrected chi connectivity index (χ4v) is 8.00. The molecule has 0 heterocycles. The molecule has 1 atom stereocenters. The van der Waals surface area contributed by atoms with Gasteiger partial charge >= 0.3 is 0 Å². The van der Waals surface area contributed by atoms with E-state index in [1.165, 1.54) is 10.4 Å². The van der Waals surface area contributed by atoms with Crippen LogP contribution in [0, 0.1) is 0 Å². The molecule has 0 saturated heterocycles. The van der Waals surface area contributed by atoms with E-state index in [1.54, 1.807) is 0 Å². The summed E-state index contributed by atoms with van der Waals surface area (Å²) in [5, 5.41) is 2.72. The van der Waals surface area contributed by atoms with Crippen molar-refractivity contribution >= 4 is 18.7 Å². The van der Waals surface area contributed by atoms with Crippen LogP contribution in [-0.2, 0) is 4.43 Å². The van der Waals surface area contributed by atoms with Crippen LogP contribution in [0.25, 0.3) is 0 Å². The largest absolute Gasteiger partial charge is 0.407 e. The van der Waals surface area contributed by atoms with Crippen molar-refractivity contribution in [1.82, 2.24) is 0 Å². The Morgan fingerprint density at radius 3 is 1.75 bits per heavy atom. The summed E-state index contributed by atoms with van der Waals surface area (Å²) in [5.41, 5.74) is 5.91. The molecule has 0 bridgehead atoms. The zero-order valence-electron chi connectivity index (χ0n) is 15.5. The van der Waals surface area contributed by atoms with Gasteiger partial charge in [0.1, 0.15) is 0 Å². The summed E-state index contributed by atoms with van der Waals surface area (Å²) in [7, 11) is -2.36. The molecular formula is C21H31NOSi. The molecule has 3 heteroatoms. The van der Waals surface area contributed by atoms with E-state index in [9.17, 15) is 0 Å². The standard InChI is InChI=1S/C21H31NOSi/c1-18(22)12-11-17-23-24(21(2,3)4,19-13-7-5-8-14-19)20-15-9-6-10-16-20/h5-10,13-16,18H,11-12,17,22H2,1-4H3. The Morgan fingerprint density at radius 1 is 0.917 bits per heavy atom. The summed E-state index contributed by atoms with van der Waals surface area (Å²) in [6, 6.07) is 21.8. The van der Waals surface area contributed by atoms with Crippen LogP contribution in [0.3, 0.4) is 0 Å². The smallest absolute Gasteiger partial charge is 0.261 e. The van der Waals surface area contributed by atoms with Crippen molar-refractivity contribution < 1.29 is 4.43 Å². The molecule has 0 aliphatic rings. The first-order valence-electron chi connectivity index (χ1n) is 8.88. The van der Waals surface area contributed by atoms with Gasteiger partial charge in [0.2, 0.25) is 0 Å². The van der Waals surface area contributed by atoms with Crippen LogP contribution < -0.4 is 16.1 Å². The van der Waals surface area contributed by atoms with Gasteiger partial charge in [-0.15, -0.1) is 0 Å². The van der Waals surface area contributed by atoms with Gasteiger partial charge in [-0.25, -0.2) is 0 Å². The van der Waals surface area contributed by atoms with Gasteiger partial charge in [0.15, 0.2) is 0 Å². The van der Waals surface area contributed by atoms with Crippen LogP contribution in [0.2, 0.25) is 5.04 Å². The van der Waals surface area contributed by atoms with Crippen molar-refractivity contribution in [2.45, 2.75) is 51.6 Å². The van der Waals surface area contributed by atoms with Gasteiger partial charge in [-0.2, -0.15) is 0 Å². The summed E-state index contributed by atoms with van der Waals surface area (Å²) >= 11 is 0. The minimum atomic E-state index is -2.36. The molecule has 2 rings (SSSR count). The molecule has 0 saturated carbocycles. The average molecular weight is 342 g/mol. The summed E-state index contributed by atoms with van der Waals surface area (Å²) in [5.74, 6) is 0. The van der Waals surface area contributed by atoms with Crippen molar-refractivity contribution in [1.29, 1.82) is 0 Å².